The summed E-state index contributed by atoms with van der Waals surface area (Å²) in [5.41, 5.74) is 0.676. The van der Waals surface area contributed by atoms with E-state index < -0.39 is 16.0 Å². The summed E-state index contributed by atoms with van der Waals surface area (Å²) in [4.78, 5) is 15.1. The summed E-state index contributed by atoms with van der Waals surface area (Å²) in [5.74, 6) is -0.268. The summed E-state index contributed by atoms with van der Waals surface area (Å²) < 4.78 is 28.7. The Balaban J connectivity index is 2.17. The summed E-state index contributed by atoms with van der Waals surface area (Å²) in [6, 6.07) is 6.12. The predicted octanol–water partition coefficient (Wildman–Crippen LogP) is 1.72. The van der Waals surface area contributed by atoms with E-state index in [1.807, 2.05) is 13.8 Å². The smallest absolute Gasteiger partial charge is 0.335 e. The number of carboxylic acid groups (broad SMARTS) is 1. The Hall–Kier alpha value is -2.19. The Morgan fingerprint density at radius 1 is 1.39 bits per heavy atom. The molecule has 0 amide bonds. The number of benzene rings is 1. The summed E-state index contributed by atoms with van der Waals surface area (Å²) in [5, 5.41) is 8.91. The third kappa shape index (κ3) is 3.96. The van der Waals surface area contributed by atoms with E-state index in [0.29, 0.717) is 11.4 Å². The van der Waals surface area contributed by atoms with Crippen LogP contribution in [-0.2, 0) is 23.6 Å². The first-order valence-electron chi connectivity index (χ1n) is 7.06. The van der Waals surface area contributed by atoms with Crippen LogP contribution < -0.4 is 4.72 Å². The Bertz CT molecular complexity index is 825. The molecule has 0 fully saturated rings. The molecule has 23 heavy (non-hydrogen) atoms. The number of aromatic carboxylic acids is 1. The van der Waals surface area contributed by atoms with Crippen molar-refractivity contribution in [1.82, 2.24) is 14.3 Å². The molecule has 0 radical (unpaired) electrons. The molecule has 0 bridgehead atoms. The minimum Gasteiger partial charge on any atom is -0.478 e. The molecule has 2 rings (SSSR count). The summed E-state index contributed by atoms with van der Waals surface area (Å²) in [6.07, 6.45) is 1.46. The highest BCUT2D eigenvalue weighted by Crippen LogP contribution is 2.16. The van der Waals surface area contributed by atoms with Gasteiger partial charge >= 0.3 is 5.97 Å². The second-order valence-electron chi connectivity index (χ2n) is 5.53. The molecule has 1 aromatic carbocycles. The van der Waals surface area contributed by atoms with Gasteiger partial charge in [-0.2, -0.15) is 0 Å². The van der Waals surface area contributed by atoms with Crippen LogP contribution >= 0.6 is 0 Å². The molecule has 1 aromatic heterocycles. The maximum Gasteiger partial charge on any atom is 0.335 e. The van der Waals surface area contributed by atoms with Crippen molar-refractivity contribution in [3.8, 4) is 0 Å². The number of aryl methyl sites for hydroxylation is 1. The highest BCUT2D eigenvalue weighted by atomic mass is 32.2. The van der Waals surface area contributed by atoms with Crippen LogP contribution in [0.4, 0.5) is 0 Å². The predicted molar refractivity (Wildman–Crippen MR) is 84.7 cm³/mol. The fourth-order valence-electron chi connectivity index (χ4n) is 2.18. The van der Waals surface area contributed by atoms with E-state index in [-0.39, 0.29) is 23.1 Å². The second kappa shape index (κ2) is 6.51. The van der Waals surface area contributed by atoms with E-state index in [1.165, 1.54) is 18.3 Å². The van der Waals surface area contributed by atoms with E-state index in [1.54, 1.807) is 23.7 Å². The third-order valence-electron chi connectivity index (χ3n) is 3.32. The van der Waals surface area contributed by atoms with Gasteiger partial charge < -0.3 is 9.67 Å². The maximum absolute atomic E-state index is 12.3. The third-order valence-corrected chi connectivity index (χ3v) is 4.59. The monoisotopic (exact) mass is 337 g/mol. The van der Waals surface area contributed by atoms with Crippen LogP contribution in [0.2, 0.25) is 0 Å². The average Bonchev–Trinajstić information content (AvgIpc) is 2.88. The Morgan fingerprint density at radius 2 is 2.09 bits per heavy atom. The molecule has 0 aliphatic rings. The number of rotatable bonds is 6. The first kappa shape index (κ1) is 17.2. The lowest BCUT2D eigenvalue weighted by molar-refractivity contribution is 0.0696. The molecule has 2 N–H and O–H groups in total. The van der Waals surface area contributed by atoms with Crippen molar-refractivity contribution in [1.29, 1.82) is 0 Å². The quantitative estimate of drug-likeness (QED) is 0.836. The number of nitrogens with zero attached hydrogens (tertiary/aromatic N) is 2. The second-order valence-corrected chi connectivity index (χ2v) is 7.25. The van der Waals surface area contributed by atoms with Gasteiger partial charge in [0.2, 0.25) is 0 Å². The molecule has 2 aromatic rings. The first-order valence-corrected chi connectivity index (χ1v) is 8.54. The van der Waals surface area contributed by atoms with Gasteiger partial charge in [0.1, 0.15) is 5.82 Å². The number of imidazole rings is 1. The van der Waals surface area contributed by atoms with E-state index in [9.17, 15) is 13.2 Å². The number of hydrogen-bond acceptors (Lipinski definition) is 4. The Kier molecular flexibility index (Phi) is 4.86. The lowest BCUT2D eigenvalue weighted by atomic mass is 10.1. The number of nitrogens with one attached hydrogen (secondary N) is 1. The fourth-order valence-corrected chi connectivity index (χ4v) is 3.20. The molecule has 0 saturated heterocycles. The lowest BCUT2D eigenvalue weighted by Crippen LogP contribution is -2.23. The van der Waals surface area contributed by atoms with Crippen molar-refractivity contribution in [2.75, 3.05) is 0 Å². The van der Waals surface area contributed by atoms with Crippen LogP contribution in [-0.4, -0.2) is 29.0 Å². The van der Waals surface area contributed by atoms with Crippen LogP contribution in [0.25, 0.3) is 0 Å². The van der Waals surface area contributed by atoms with E-state index in [0.717, 1.165) is 0 Å². The molecular weight excluding hydrogens is 318 g/mol. The minimum absolute atomic E-state index is 0.00294. The Morgan fingerprint density at radius 3 is 2.65 bits per heavy atom. The van der Waals surface area contributed by atoms with Crippen LogP contribution in [0.15, 0.2) is 35.5 Å². The van der Waals surface area contributed by atoms with Crippen molar-refractivity contribution in [2.24, 2.45) is 7.05 Å². The molecule has 0 atom stereocenters. The molecule has 124 valence electrons. The zero-order valence-corrected chi connectivity index (χ0v) is 14.0. The van der Waals surface area contributed by atoms with Crippen molar-refractivity contribution < 1.29 is 18.3 Å². The van der Waals surface area contributed by atoms with Crippen molar-refractivity contribution in [3.05, 3.63) is 47.4 Å². The average molecular weight is 337 g/mol. The zero-order chi connectivity index (χ0) is 17.2. The zero-order valence-electron chi connectivity index (χ0n) is 13.1. The standard InChI is InChI=1S/C15H19N3O4S/c1-10(2)14-17-13(9-18(14)3)23(21,22)16-8-11-5-4-6-12(7-11)15(19)20/h4-7,9-10,16H,8H2,1-3H3,(H,19,20). The normalized spacial score (nSPS) is 11.8. The van der Waals surface area contributed by atoms with Gasteiger partial charge in [-0.15, -0.1) is 0 Å². The van der Waals surface area contributed by atoms with Crippen LogP contribution in [0.3, 0.4) is 0 Å². The topological polar surface area (TPSA) is 101 Å². The molecule has 8 heteroatoms. The number of hydrogen-bond donors (Lipinski definition) is 2. The van der Waals surface area contributed by atoms with Gasteiger partial charge in [-0.3, -0.25) is 0 Å². The van der Waals surface area contributed by atoms with Gasteiger partial charge in [0.15, 0.2) is 5.03 Å². The lowest BCUT2D eigenvalue weighted by Gasteiger charge is -2.05. The Labute approximate surface area is 135 Å². The van der Waals surface area contributed by atoms with Gasteiger partial charge in [-0.25, -0.2) is 22.9 Å². The highest BCUT2D eigenvalue weighted by Gasteiger charge is 2.20. The maximum atomic E-state index is 12.3. The SMILES string of the molecule is CC(C)c1nc(S(=O)(=O)NCc2cccc(C(=O)O)c2)cn1C. The largest absolute Gasteiger partial charge is 0.478 e. The van der Waals surface area contributed by atoms with Gasteiger partial charge in [-0.1, -0.05) is 26.0 Å². The van der Waals surface area contributed by atoms with Crippen LogP contribution in [0.5, 0.6) is 0 Å². The molecule has 0 saturated carbocycles. The number of aromatic nitrogens is 2. The van der Waals surface area contributed by atoms with Gasteiger partial charge in [0, 0.05) is 25.7 Å². The van der Waals surface area contributed by atoms with E-state index >= 15 is 0 Å². The molecular formula is C15H19N3O4S. The summed E-state index contributed by atoms with van der Waals surface area (Å²) in [6.45, 7) is 3.87. The number of sulfonamides is 1. The molecule has 0 aliphatic heterocycles. The van der Waals surface area contributed by atoms with Crippen molar-refractivity contribution in [2.45, 2.75) is 31.3 Å². The van der Waals surface area contributed by atoms with Gasteiger partial charge in [-0.05, 0) is 17.7 Å². The van der Waals surface area contributed by atoms with Crippen LogP contribution in [0.1, 0.15) is 41.5 Å². The van der Waals surface area contributed by atoms with E-state index in [4.69, 9.17) is 5.11 Å². The first-order chi connectivity index (χ1) is 10.7. The van der Waals surface area contributed by atoms with Crippen molar-refractivity contribution in [3.63, 3.8) is 0 Å². The van der Waals surface area contributed by atoms with E-state index in [2.05, 4.69) is 9.71 Å². The van der Waals surface area contributed by atoms with Gasteiger partial charge in [0.05, 0.1) is 5.56 Å². The number of carboxylic acids is 1. The van der Waals surface area contributed by atoms with Crippen LogP contribution in [0, 0.1) is 0 Å². The molecule has 0 aliphatic carbocycles. The molecule has 1 heterocycles. The summed E-state index contributed by atoms with van der Waals surface area (Å²) in [7, 11) is -2.01. The molecule has 7 nitrogen and oxygen atoms in total. The molecule has 0 unspecified atom stereocenters. The van der Waals surface area contributed by atoms with Gasteiger partial charge in [0.25, 0.3) is 10.0 Å². The fraction of sp³-hybridized carbons (Fsp3) is 0.333. The van der Waals surface area contributed by atoms with Crippen molar-refractivity contribution >= 4 is 16.0 Å². The highest BCUT2D eigenvalue weighted by molar-refractivity contribution is 7.89. The summed E-state index contributed by atoms with van der Waals surface area (Å²) >= 11 is 0. The minimum atomic E-state index is -3.76. The number of carbonyl (C=O) groups is 1. The molecule has 0 spiro atoms.